The topological polar surface area (TPSA) is 104 Å². The number of carboxylic acid groups (broad SMARTS) is 1. The molecule has 36 heavy (non-hydrogen) atoms. The maximum Gasteiger partial charge on any atom is 0.314 e. The molecular weight excluding hydrogens is 456 g/mol. The zero-order valence-electron chi connectivity index (χ0n) is 20.1. The SMILES string of the molecule is CCC(=O)N(c1ccccc1O)c1c(C)noc1-c1ccc(-c2ccc(C3(C(=O)O)CC3)cc2)cc1. The van der Waals surface area contributed by atoms with Crippen molar-refractivity contribution in [3.63, 3.8) is 0 Å². The van der Waals surface area contributed by atoms with E-state index in [0.717, 1.165) is 22.3 Å². The van der Waals surface area contributed by atoms with Gasteiger partial charge in [-0.2, -0.15) is 0 Å². The van der Waals surface area contributed by atoms with Crippen molar-refractivity contribution < 1.29 is 24.3 Å². The van der Waals surface area contributed by atoms with Crippen molar-refractivity contribution in [2.45, 2.75) is 38.5 Å². The first-order chi connectivity index (χ1) is 17.4. The van der Waals surface area contributed by atoms with Crippen molar-refractivity contribution in [3.8, 4) is 28.2 Å². The molecule has 1 saturated carbocycles. The van der Waals surface area contributed by atoms with Gasteiger partial charge < -0.3 is 14.7 Å². The summed E-state index contributed by atoms with van der Waals surface area (Å²) in [7, 11) is 0. The molecule has 4 aromatic rings. The molecule has 1 fully saturated rings. The number of aliphatic carboxylic acids is 1. The van der Waals surface area contributed by atoms with Crippen LogP contribution in [0.2, 0.25) is 0 Å². The van der Waals surface area contributed by atoms with Gasteiger partial charge >= 0.3 is 5.97 Å². The number of para-hydroxylation sites is 2. The molecule has 0 radical (unpaired) electrons. The minimum absolute atomic E-state index is 0.0134. The molecule has 2 N–H and O–H groups in total. The zero-order valence-corrected chi connectivity index (χ0v) is 20.1. The van der Waals surface area contributed by atoms with E-state index in [1.807, 2.05) is 48.5 Å². The molecule has 0 saturated heterocycles. The van der Waals surface area contributed by atoms with E-state index in [-0.39, 0.29) is 18.1 Å². The van der Waals surface area contributed by atoms with Gasteiger partial charge in [-0.25, -0.2) is 0 Å². The number of benzene rings is 3. The highest BCUT2D eigenvalue weighted by atomic mass is 16.5. The van der Waals surface area contributed by atoms with E-state index in [1.165, 1.54) is 11.0 Å². The van der Waals surface area contributed by atoms with Crippen molar-refractivity contribution in [1.29, 1.82) is 0 Å². The third-order valence-electron chi connectivity index (χ3n) is 6.81. The van der Waals surface area contributed by atoms with Crippen LogP contribution in [0.4, 0.5) is 11.4 Å². The summed E-state index contributed by atoms with van der Waals surface area (Å²) in [6.07, 6.45) is 1.58. The maximum atomic E-state index is 13.0. The first-order valence-electron chi connectivity index (χ1n) is 11.9. The normalized spacial score (nSPS) is 13.8. The lowest BCUT2D eigenvalue weighted by Crippen LogP contribution is -2.25. The number of carbonyl (C=O) groups is 2. The average Bonchev–Trinajstić information content (AvgIpc) is 3.64. The molecule has 0 spiro atoms. The molecule has 7 heteroatoms. The summed E-state index contributed by atoms with van der Waals surface area (Å²) >= 11 is 0. The monoisotopic (exact) mass is 482 g/mol. The fraction of sp³-hybridized carbons (Fsp3) is 0.207. The fourth-order valence-electron chi connectivity index (χ4n) is 4.56. The van der Waals surface area contributed by atoms with Gasteiger partial charge in [-0.15, -0.1) is 0 Å². The lowest BCUT2D eigenvalue weighted by molar-refractivity contribution is -0.140. The van der Waals surface area contributed by atoms with Gasteiger partial charge in [0.25, 0.3) is 0 Å². The van der Waals surface area contributed by atoms with Crippen LogP contribution in [0.5, 0.6) is 5.75 Å². The van der Waals surface area contributed by atoms with Crippen LogP contribution in [-0.4, -0.2) is 27.2 Å². The van der Waals surface area contributed by atoms with Crippen molar-refractivity contribution in [2.75, 3.05) is 4.90 Å². The van der Waals surface area contributed by atoms with Crippen LogP contribution in [0, 0.1) is 6.92 Å². The van der Waals surface area contributed by atoms with E-state index in [2.05, 4.69) is 5.16 Å². The molecule has 1 aliphatic carbocycles. The van der Waals surface area contributed by atoms with E-state index in [0.29, 0.717) is 35.7 Å². The van der Waals surface area contributed by atoms with Crippen LogP contribution in [0.25, 0.3) is 22.5 Å². The summed E-state index contributed by atoms with van der Waals surface area (Å²) in [4.78, 5) is 26.1. The van der Waals surface area contributed by atoms with E-state index in [9.17, 15) is 19.8 Å². The van der Waals surface area contributed by atoms with Crippen LogP contribution in [-0.2, 0) is 15.0 Å². The van der Waals surface area contributed by atoms with Gasteiger partial charge in [0.15, 0.2) is 5.76 Å². The van der Waals surface area contributed by atoms with Gasteiger partial charge in [0.05, 0.1) is 11.1 Å². The molecule has 1 aromatic heterocycles. The second-order valence-electron chi connectivity index (χ2n) is 9.06. The van der Waals surface area contributed by atoms with E-state index in [4.69, 9.17) is 4.52 Å². The standard InChI is InChI=1S/C29H26N2O5/c1-3-25(33)31(23-6-4-5-7-24(23)32)26-18(2)30-36-27(26)21-10-8-19(9-11-21)20-12-14-22(15-13-20)29(16-17-29)28(34)35/h4-15,32H,3,16-17H2,1-2H3,(H,34,35). The summed E-state index contributed by atoms with van der Waals surface area (Å²) in [5.74, 6) is -0.551. The molecule has 1 aliphatic rings. The minimum atomic E-state index is -0.767. The molecule has 5 rings (SSSR count). The number of aromatic nitrogens is 1. The number of hydrogen-bond acceptors (Lipinski definition) is 5. The van der Waals surface area contributed by atoms with E-state index >= 15 is 0 Å². The van der Waals surface area contributed by atoms with Gasteiger partial charge in [0.2, 0.25) is 5.91 Å². The summed E-state index contributed by atoms with van der Waals surface area (Å²) in [5, 5.41) is 24.1. The maximum absolute atomic E-state index is 13.0. The predicted molar refractivity (Wildman–Crippen MR) is 136 cm³/mol. The lowest BCUT2D eigenvalue weighted by Gasteiger charge is -2.23. The number of aromatic hydroxyl groups is 1. The molecule has 0 aliphatic heterocycles. The summed E-state index contributed by atoms with van der Waals surface area (Å²) < 4.78 is 5.67. The Labute approximate surface area is 208 Å². The second kappa shape index (κ2) is 9.00. The molecule has 182 valence electrons. The lowest BCUT2D eigenvalue weighted by atomic mass is 9.93. The van der Waals surface area contributed by atoms with Crippen molar-refractivity contribution >= 4 is 23.3 Å². The average molecular weight is 483 g/mol. The zero-order chi connectivity index (χ0) is 25.4. The van der Waals surface area contributed by atoms with Gasteiger partial charge in [-0.05, 0) is 48.6 Å². The quantitative estimate of drug-likeness (QED) is 0.324. The molecule has 0 atom stereocenters. The smallest absolute Gasteiger partial charge is 0.314 e. The molecular formula is C29H26N2O5. The number of anilines is 2. The molecule has 1 amide bonds. The number of phenols is 1. The molecule has 7 nitrogen and oxygen atoms in total. The van der Waals surface area contributed by atoms with Crippen LogP contribution >= 0.6 is 0 Å². The third-order valence-corrected chi connectivity index (χ3v) is 6.81. The van der Waals surface area contributed by atoms with Gasteiger partial charge in [0, 0.05) is 12.0 Å². The number of aryl methyl sites for hydroxylation is 1. The number of rotatable bonds is 7. The van der Waals surface area contributed by atoms with E-state index < -0.39 is 11.4 Å². The Morgan fingerprint density at radius 2 is 1.53 bits per heavy atom. The first kappa shape index (κ1) is 23.4. The van der Waals surface area contributed by atoms with Gasteiger partial charge in [-0.3, -0.25) is 14.5 Å². The number of amides is 1. The predicted octanol–water partition coefficient (Wildman–Crippen LogP) is 6.21. The Bertz CT molecular complexity index is 1430. The molecule has 1 heterocycles. The first-order valence-corrected chi connectivity index (χ1v) is 11.9. The Balaban J connectivity index is 1.48. The highest BCUT2D eigenvalue weighted by Gasteiger charge is 2.51. The summed E-state index contributed by atoms with van der Waals surface area (Å²) in [6.45, 7) is 3.53. The van der Waals surface area contributed by atoms with Crippen molar-refractivity contribution in [2.24, 2.45) is 0 Å². The Kier molecular flexibility index (Phi) is 5.84. The number of hydrogen-bond donors (Lipinski definition) is 2. The summed E-state index contributed by atoms with van der Waals surface area (Å²) in [5.41, 5.74) is 4.16. The Morgan fingerprint density at radius 3 is 2.08 bits per heavy atom. The summed E-state index contributed by atoms with van der Waals surface area (Å²) in [6, 6.07) is 22.0. The van der Waals surface area contributed by atoms with Crippen LogP contribution in [0.15, 0.2) is 77.3 Å². The number of phenolic OH excluding ortho intramolecular Hbond substituents is 1. The third kappa shape index (κ3) is 3.92. The van der Waals surface area contributed by atoms with Gasteiger partial charge in [0.1, 0.15) is 17.1 Å². The molecule has 3 aromatic carbocycles. The highest BCUT2D eigenvalue weighted by molar-refractivity contribution is 6.04. The number of carbonyl (C=O) groups excluding carboxylic acids is 1. The van der Waals surface area contributed by atoms with Crippen LogP contribution in [0.3, 0.4) is 0 Å². The molecule has 0 unspecified atom stereocenters. The highest BCUT2D eigenvalue weighted by Crippen LogP contribution is 2.48. The van der Waals surface area contributed by atoms with Crippen molar-refractivity contribution in [1.82, 2.24) is 5.16 Å². The number of carboxylic acids is 1. The largest absolute Gasteiger partial charge is 0.506 e. The van der Waals surface area contributed by atoms with Crippen LogP contribution in [0.1, 0.15) is 37.4 Å². The van der Waals surface area contributed by atoms with Crippen molar-refractivity contribution in [3.05, 3.63) is 84.1 Å². The minimum Gasteiger partial charge on any atom is -0.506 e. The molecule has 0 bridgehead atoms. The van der Waals surface area contributed by atoms with Crippen LogP contribution < -0.4 is 4.90 Å². The number of nitrogens with zero attached hydrogens (tertiary/aromatic N) is 2. The van der Waals surface area contributed by atoms with E-state index in [1.54, 1.807) is 32.0 Å². The fourth-order valence-corrected chi connectivity index (χ4v) is 4.56. The van der Waals surface area contributed by atoms with Gasteiger partial charge in [-0.1, -0.05) is 72.7 Å². The Hall–Kier alpha value is -4.39. The Morgan fingerprint density at radius 1 is 0.944 bits per heavy atom. The second-order valence-corrected chi connectivity index (χ2v) is 9.06.